The minimum absolute atomic E-state index is 0.0262. The van der Waals surface area contributed by atoms with Crippen molar-refractivity contribution in [1.82, 2.24) is 0 Å². The molecule has 0 aliphatic carbocycles. The number of quaternary nitrogens is 1. The first-order chi connectivity index (χ1) is 5.23. The van der Waals surface area contributed by atoms with E-state index >= 15 is 0 Å². The van der Waals surface area contributed by atoms with Crippen LogP contribution in [-0.4, -0.2) is 41.7 Å². The van der Waals surface area contributed by atoms with Gasteiger partial charge in [0.25, 0.3) is 0 Å². The van der Waals surface area contributed by atoms with E-state index in [4.69, 9.17) is 5.11 Å². The molecular weight excluding hydrogens is 154 g/mol. The Hall–Kier alpha value is -0.570. The van der Waals surface area contributed by atoms with Gasteiger partial charge in [-0.3, -0.25) is 0 Å². The highest BCUT2D eigenvalue weighted by Crippen LogP contribution is 2.22. The quantitative estimate of drug-likeness (QED) is 0.653. The molecule has 0 aromatic carbocycles. The van der Waals surface area contributed by atoms with Crippen LogP contribution < -0.4 is 0 Å². The lowest BCUT2D eigenvalue weighted by atomic mass is 9.97. The number of likely N-dealkylation sites (N-methyl/N-ethyl adjacent to an activating group) is 1. The largest absolute Gasteiger partial charge is 0.477 e. The molecule has 0 saturated heterocycles. The molecule has 0 aliphatic rings. The standard InChI is InChI=1S/C9H19NO2/c1-6-9(2,3)10(4,5)7-8(11)12/h6-7H2,1-5H3/p+1. The fourth-order valence-electron chi connectivity index (χ4n) is 0.980. The molecule has 0 unspecified atom stereocenters. The van der Waals surface area contributed by atoms with E-state index in [1.807, 2.05) is 14.1 Å². The van der Waals surface area contributed by atoms with Crippen LogP contribution in [0.4, 0.5) is 0 Å². The van der Waals surface area contributed by atoms with Crippen LogP contribution in [0.15, 0.2) is 0 Å². The van der Waals surface area contributed by atoms with E-state index in [-0.39, 0.29) is 12.1 Å². The molecule has 3 heteroatoms. The van der Waals surface area contributed by atoms with Crippen molar-refractivity contribution >= 4 is 5.97 Å². The lowest BCUT2D eigenvalue weighted by Gasteiger charge is -2.43. The molecule has 0 radical (unpaired) electrons. The van der Waals surface area contributed by atoms with Crippen molar-refractivity contribution < 1.29 is 14.4 Å². The van der Waals surface area contributed by atoms with Crippen molar-refractivity contribution in [1.29, 1.82) is 0 Å². The summed E-state index contributed by atoms with van der Waals surface area (Å²) in [6.45, 7) is 6.45. The summed E-state index contributed by atoms with van der Waals surface area (Å²) < 4.78 is 0.527. The van der Waals surface area contributed by atoms with E-state index in [1.54, 1.807) is 0 Å². The van der Waals surface area contributed by atoms with Crippen LogP contribution in [0.5, 0.6) is 0 Å². The summed E-state index contributed by atoms with van der Waals surface area (Å²) >= 11 is 0. The molecule has 0 rings (SSSR count). The van der Waals surface area contributed by atoms with Gasteiger partial charge in [0.15, 0.2) is 6.54 Å². The maximum atomic E-state index is 10.6. The Kier molecular flexibility index (Phi) is 3.27. The predicted molar refractivity (Wildman–Crippen MR) is 49.0 cm³/mol. The Balaban J connectivity index is 4.48. The number of hydrogen-bond acceptors (Lipinski definition) is 1. The maximum Gasteiger partial charge on any atom is 0.359 e. The molecule has 0 fully saturated rings. The fourth-order valence-corrected chi connectivity index (χ4v) is 0.980. The molecule has 0 amide bonds. The zero-order chi connectivity index (χ0) is 9.99. The van der Waals surface area contributed by atoms with Crippen LogP contribution in [0.2, 0.25) is 0 Å². The Morgan fingerprint density at radius 1 is 1.42 bits per heavy atom. The SMILES string of the molecule is CCC(C)(C)[N+](C)(C)CC(=O)O. The molecule has 3 nitrogen and oxygen atoms in total. The summed E-state index contributed by atoms with van der Waals surface area (Å²) in [5.74, 6) is -0.735. The molecule has 0 saturated carbocycles. The molecule has 0 aromatic heterocycles. The Morgan fingerprint density at radius 2 is 1.83 bits per heavy atom. The molecule has 0 atom stereocenters. The number of carboxylic acids is 1. The molecule has 0 heterocycles. The van der Waals surface area contributed by atoms with Crippen LogP contribution in [0.1, 0.15) is 27.2 Å². The smallest absolute Gasteiger partial charge is 0.359 e. The normalized spacial score (nSPS) is 13.1. The molecule has 0 aliphatic heterocycles. The van der Waals surface area contributed by atoms with E-state index in [9.17, 15) is 4.79 Å². The van der Waals surface area contributed by atoms with Crippen LogP contribution >= 0.6 is 0 Å². The van der Waals surface area contributed by atoms with Crippen molar-refractivity contribution in [2.45, 2.75) is 32.7 Å². The van der Waals surface area contributed by atoms with Gasteiger partial charge in [-0.05, 0) is 20.3 Å². The predicted octanol–water partition coefficient (Wildman–Crippen LogP) is 1.34. The summed E-state index contributed by atoms with van der Waals surface area (Å²) in [4.78, 5) is 10.6. The second kappa shape index (κ2) is 3.44. The number of rotatable bonds is 4. The maximum absolute atomic E-state index is 10.6. The molecule has 12 heavy (non-hydrogen) atoms. The van der Waals surface area contributed by atoms with Gasteiger partial charge < -0.3 is 9.59 Å². The van der Waals surface area contributed by atoms with Crippen molar-refractivity contribution in [3.63, 3.8) is 0 Å². The van der Waals surface area contributed by atoms with Gasteiger partial charge in [0.05, 0.1) is 19.6 Å². The first-order valence-corrected chi connectivity index (χ1v) is 4.28. The number of carboxylic acid groups (broad SMARTS) is 1. The first kappa shape index (κ1) is 11.4. The van der Waals surface area contributed by atoms with Crippen LogP contribution in [0.3, 0.4) is 0 Å². The van der Waals surface area contributed by atoms with E-state index in [0.29, 0.717) is 4.48 Å². The van der Waals surface area contributed by atoms with Crippen molar-refractivity contribution in [3.05, 3.63) is 0 Å². The number of carbonyl (C=O) groups is 1. The van der Waals surface area contributed by atoms with Crippen LogP contribution in [0.25, 0.3) is 0 Å². The van der Waals surface area contributed by atoms with Gasteiger partial charge in [-0.2, -0.15) is 0 Å². The minimum Gasteiger partial charge on any atom is -0.477 e. The summed E-state index contributed by atoms with van der Waals surface area (Å²) in [5.41, 5.74) is 0.0262. The van der Waals surface area contributed by atoms with Crippen molar-refractivity contribution in [3.8, 4) is 0 Å². The number of nitrogens with zero attached hydrogens (tertiary/aromatic N) is 1. The van der Waals surface area contributed by atoms with Gasteiger partial charge in [-0.25, -0.2) is 4.79 Å². The highest BCUT2D eigenvalue weighted by atomic mass is 16.4. The molecule has 1 N–H and O–H groups in total. The zero-order valence-corrected chi connectivity index (χ0v) is 8.72. The number of aliphatic carboxylic acids is 1. The highest BCUT2D eigenvalue weighted by Gasteiger charge is 2.36. The summed E-state index contributed by atoms with van der Waals surface area (Å²) in [6, 6.07) is 0. The van der Waals surface area contributed by atoms with Crippen LogP contribution in [0, 0.1) is 0 Å². The van der Waals surface area contributed by atoms with Gasteiger partial charge in [0, 0.05) is 0 Å². The van der Waals surface area contributed by atoms with Gasteiger partial charge in [-0.15, -0.1) is 0 Å². The molecule has 0 bridgehead atoms. The zero-order valence-electron chi connectivity index (χ0n) is 8.72. The highest BCUT2D eigenvalue weighted by molar-refractivity contribution is 5.67. The Bertz CT molecular complexity index is 173. The van der Waals surface area contributed by atoms with Crippen molar-refractivity contribution in [2.24, 2.45) is 0 Å². The van der Waals surface area contributed by atoms with Crippen molar-refractivity contribution in [2.75, 3.05) is 20.6 Å². The van der Waals surface area contributed by atoms with Gasteiger partial charge in [0.2, 0.25) is 0 Å². The average Bonchev–Trinajstić information content (AvgIpc) is 1.84. The second-order valence-electron chi connectivity index (χ2n) is 4.40. The van der Waals surface area contributed by atoms with Gasteiger partial charge in [0.1, 0.15) is 0 Å². The van der Waals surface area contributed by atoms with E-state index in [2.05, 4.69) is 20.8 Å². The number of hydrogen-bond donors (Lipinski definition) is 1. The molecule has 0 spiro atoms. The first-order valence-electron chi connectivity index (χ1n) is 4.28. The fraction of sp³-hybridized carbons (Fsp3) is 0.889. The third-order valence-corrected chi connectivity index (χ3v) is 3.03. The lowest BCUT2D eigenvalue weighted by molar-refractivity contribution is -0.931. The van der Waals surface area contributed by atoms with Gasteiger partial charge in [-0.1, -0.05) is 6.92 Å². The Labute approximate surface area is 74.6 Å². The third-order valence-electron chi connectivity index (χ3n) is 3.03. The summed E-state index contributed by atoms with van der Waals surface area (Å²) in [6.07, 6.45) is 0.979. The molecule has 0 aromatic rings. The molecule has 72 valence electrons. The van der Waals surface area contributed by atoms with Crippen LogP contribution in [-0.2, 0) is 4.79 Å². The Morgan fingerprint density at radius 3 is 2.08 bits per heavy atom. The second-order valence-corrected chi connectivity index (χ2v) is 4.40. The monoisotopic (exact) mass is 174 g/mol. The lowest BCUT2D eigenvalue weighted by Crippen LogP contribution is -2.57. The van der Waals surface area contributed by atoms with Gasteiger partial charge >= 0.3 is 5.97 Å². The topological polar surface area (TPSA) is 37.3 Å². The average molecular weight is 174 g/mol. The summed E-state index contributed by atoms with van der Waals surface area (Å²) in [7, 11) is 3.91. The summed E-state index contributed by atoms with van der Waals surface area (Å²) in [5, 5.41) is 8.69. The van der Waals surface area contributed by atoms with E-state index in [1.165, 1.54) is 0 Å². The third kappa shape index (κ3) is 2.48. The van der Waals surface area contributed by atoms with E-state index < -0.39 is 5.97 Å². The molecular formula is C9H20NO2+. The van der Waals surface area contributed by atoms with E-state index in [0.717, 1.165) is 6.42 Å². The minimum atomic E-state index is -0.735.